The summed E-state index contributed by atoms with van der Waals surface area (Å²) in [5.74, 6) is -0.749. The normalized spacial score (nSPS) is 31.2. The monoisotopic (exact) mass is 291 g/mol. The van der Waals surface area contributed by atoms with Crippen molar-refractivity contribution in [3.63, 3.8) is 0 Å². The van der Waals surface area contributed by atoms with Crippen LogP contribution in [-0.2, 0) is 0 Å². The first-order valence-corrected chi connectivity index (χ1v) is 5.70. The molecule has 6 heteroatoms. The van der Waals surface area contributed by atoms with E-state index in [0.29, 0.717) is 11.0 Å². The molecular formula is C10H15BrFN3O. The van der Waals surface area contributed by atoms with E-state index in [2.05, 4.69) is 32.8 Å². The summed E-state index contributed by atoms with van der Waals surface area (Å²) >= 11 is 3.03. The number of nitrogens with one attached hydrogen (secondary N) is 1. The Kier molecular flexibility index (Phi) is 5.27. The zero-order valence-electron chi connectivity index (χ0n) is 8.74. The minimum atomic E-state index is -0.464. The van der Waals surface area contributed by atoms with E-state index >= 15 is 0 Å². The summed E-state index contributed by atoms with van der Waals surface area (Å²) in [6.07, 6.45) is 2.61. The minimum absolute atomic E-state index is 0.0379. The third kappa shape index (κ3) is 3.79. The van der Waals surface area contributed by atoms with Gasteiger partial charge in [-0.05, 0) is 28.4 Å². The molecule has 0 bridgehead atoms. The Morgan fingerprint density at radius 2 is 2.44 bits per heavy atom. The van der Waals surface area contributed by atoms with Crippen LogP contribution in [0.2, 0.25) is 0 Å². The molecule has 1 aliphatic rings. The fraction of sp³-hybridized carbons (Fsp3) is 0.500. The summed E-state index contributed by atoms with van der Waals surface area (Å²) in [6, 6.07) is -0.137. The zero-order chi connectivity index (χ0) is 12.1. The molecular weight excluding hydrogens is 277 g/mol. The summed E-state index contributed by atoms with van der Waals surface area (Å²) in [6.45, 7) is 3.45. The molecule has 0 aromatic carbocycles. The van der Waals surface area contributed by atoms with E-state index in [-0.39, 0.29) is 18.5 Å². The predicted octanol–water partition coefficient (Wildman–Crippen LogP) is 1.03. The molecule has 0 aromatic heterocycles. The van der Waals surface area contributed by atoms with E-state index in [4.69, 9.17) is 10.8 Å². The van der Waals surface area contributed by atoms with Gasteiger partial charge >= 0.3 is 0 Å². The molecule has 0 saturated carbocycles. The molecule has 90 valence electrons. The van der Waals surface area contributed by atoms with E-state index < -0.39 is 12.1 Å². The summed E-state index contributed by atoms with van der Waals surface area (Å²) in [5.41, 5.74) is 5.70. The third-order valence-corrected chi connectivity index (χ3v) is 2.63. The highest BCUT2D eigenvalue weighted by atomic mass is 79.9. The van der Waals surface area contributed by atoms with Crippen molar-refractivity contribution in [1.82, 2.24) is 5.32 Å². The Balaban J connectivity index is 2.60. The first-order chi connectivity index (χ1) is 7.54. The molecule has 1 aliphatic heterocycles. The second kappa shape index (κ2) is 6.24. The van der Waals surface area contributed by atoms with Gasteiger partial charge in [0.05, 0.1) is 17.4 Å². The second-order valence-corrected chi connectivity index (χ2v) is 4.54. The lowest BCUT2D eigenvalue weighted by Gasteiger charge is -2.11. The molecule has 0 spiro atoms. The van der Waals surface area contributed by atoms with E-state index in [1.165, 1.54) is 12.3 Å². The van der Waals surface area contributed by atoms with E-state index in [0.717, 1.165) is 0 Å². The number of aliphatic imine (C=N–C) groups is 1. The van der Waals surface area contributed by atoms with Gasteiger partial charge in [0.2, 0.25) is 0 Å². The molecule has 0 radical (unpaired) electrons. The Bertz CT molecular complexity index is 319. The largest absolute Gasteiger partial charge is 0.395 e. The fourth-order valence-electron chi connectivity index (χ4n) is 1.63. The lowest BCUT2D eigenvalue weighted by atomic mass is 10.0. The molecule has 1 heterocycles. The van der Waals surface area contributed by atoms with Gasteiger partial charge in [-0.2, -0.15) is 0 Å². The maximum Gasteiger partial charge on any atom is 0.107 e. The van der Waals surface area contributed by atoms with Crippen LogP contribution >= 0.6 is 15.9 Å². The number of rotatable bonds is 4. The molecule has 0 aliphatic carbocycles. The number of aliphatic hydroxyl groups excluding tert-OH is 1. The van der Waals surface area contributed by atoms with Crippen LogP contribution in [0.4, 0.5) is 4.39 Å². The molecule has 4 nitrogen and oxygen atoms in total. The topological polar surface area (TPSA) is 70.6 Å². The van der Waals surface area contributed by atoms with Crippen molar-refractivity contribution in [2.24, 2.45) is 16.6 Å². The Labute approximate surface area is 102 Å². The first-order valence-electron chi connectivity index (χ1n) is 4.91. The number of halogens is 2. The highest BCUT2D eigenvalue weighted by Gasteiger charge is 2.33. The molecule has 0 aromatic rings. The molecule has 1 saturated heterocycles. The summed E-state index contributed by atoms with van der Waals surface area (Å²) < 4.78 is 14.1. The van der Waals surface area contributed by atoms with Crippen molar-refractivity contribution in [3.05, 3.63) is 23.1 Å². The maximum atomic E-state index is 13.6. The van der Waals surface area contributed by atoms with Gasteiger partial charge in [-0.15, -0.1) is 0 Å². The molecule has 1 fully saturated rings. The van der Waals surface area contributed by atoms with Crippen LogP contribution < -0.4 is 11.1 Å². The average Bonchev–Trinajstić information content (AvgIpc) is 2.59. The maximum absolute atomic E-state index is 13.6. The van der Waals surface area contributed by atoms with Crippen LogP contribution in [-0.4, -0.2) is 30.1 Å². The van der Waals surface area contributed by atoms with E-state index in [1.807, 2.05) is 0 Å². The lowest BCUT2D eigenvalue weighted by Crippen LogP contribution is -2.40. The quantitative estimate of drug-likeness (QED) is 0.535. The van der Waals surface area contributed by atoms with Crippen LogP contribution in [0.25, 0.3) is 0 Å². The van der Waals surface area contributed by atoms with Crippen LogP contribution in [0.3, 0.4) is 0 Å². The lowest BCUT2D eigenvalue weighted by molar-refractivity contribution is 0.251. The van der Waals surface area contributed by atoms with Crippen molar-refractivity contribution in [3.8, 4) is 0 Å². The third-order valence-electron chi connectivity index (χ3n) is 2.42. The highest BCUT2D eigenvalue weighted by molar-refractivity contribution is 9.11. The standard InChI is InChI=1S/C10H15BrFN3O/c1-6(11)14-3-2-9(12)8-4-7(5-16)15-10(8)13/h2-3,7-8,10,15-16H,1,4-5,13H2/b9-2-,14-3-/t7-,8?,10?/m1/s1. The van der Waals surface area contributed by atoms with Crippen LogP contribution in [0.1, 0.15) is 6.42 Å². The number of nitrogens with zero attached hydrogens (tertiary/aromatic N) is 1. The minimum Gasteiger partial charge on any atom is -0.395 e. The van der Waals surface area contributed by atoms with Gasteiger partial charge in [0.1, 0.15) is 5.83 Å². The number of nitrogens with two attached hydrogens (primary N) is 1. The summed E-state index contributed by atoms with van der Waals surface area (Å²) in [5, 5.41) is 11.8. The average molecular weight is 292 g/mol. The first kappa shape index (κ1) is 13.5. The van der Waals surface area contributed by atoms with Crippen LogP contribution in [0.5, 0.6) is 0 Å². The second-order valence-electron chi connectivity index (χ2n) is 3.62. The Hall–Kier alpha value is -0.560. The van der Waals surface area contributed by atoms with Gasteiger partial charge in [0.25, 0.3) is 0 Å². The highest BCUT2D eigenvalue weighted by Crippen LogP contribution is 2.25. The molecule has 0 amide bonds. The summed E-state index contributed by atoms with van der Waals surface area (Å²) in [4.78, 5) is 3.77. The van der Waals surface area contributed by atoms with Gasteiger partial charge < -0.3 is 10.8 Å². The number of aliphatic hydroxyl groups is 1. The number of hydrogen-bond acceptors (Lipinski definition) is 4. The van der Waals surface area contributed by atoms with Crippen molar-refractivity contribution >= 4 is 22.1 Å². The van der Waals surface area contributed by atoms with Crippen LogP contribution in [0, 0.1) is 5.92 Å². The van der Waals surface area contributed by atoms with Crippen molar-refractivity contribution in [1.29, 1.82) is 0 Å². The zero-order valence-corrected chi connectivity index (χ0v) is 10.3. The number of allylic oxidation sites excluding steroid dienone is 1. The van der Waals surface area contributed by atoms with Crippen molar-refractivity contribution < 1.29 is 9.50 Å². The van der Waals surface area contributed by atoms with Gasteiger partial charge in [0, 0.05) is 18.2 Å². The Morgan fingerprint density at radius 3 is 2.94 bits per heavy atom. The van der Waals surface area contributed by atoms with E-state index in [9.17, 15) is 4.39 Å². The molecule has 16 heavy (non-hydrogen) atoms. The SMILES string of the molecule is C=C(Br)/N=C\C=C(/F)C1C[C@H](CO)NC1N. The van der Waals surface area contributed by atoms with E-state index in [1.54, 1.807) is 0 Å². The van der Waals surface area contributed by atoms with Crippen LogP contribution in [0.15, 0.2) is 28.1 Å². The molecule has 2 unspecified atom stereocenters. The number of hydrogen-bond donors (Lipinski definition) is 3. The van der Waals surface area contributed by atoms with Crippen molar-refractivity contribution in [2.45, 2.75) is 18.6 Å². The molecule has 3 atom stereocenters. The smallest absolute Gasteiger partial charge is 0.107 e. The Morgan fingerprint density at radius 1 is 1.75 bits per heavy atom. The molecule has 4 N–H and O–H groups in total. The van der Waals surface area contributed by atoms with Gasteiger partial charge in [-0.25, -0.2) is 9.38 Å². The van der Waals surface area contributed by atoms with Gasteiger partial charge in [-0.1, -0.05) is 6.58 Å². The van der Waals surface area contributed by atoms with Gasteiger partial charge in [0.15, 0.2) is 0 Å². The van der Waals surface area contributed by atoms with Crippen molar-refractivity contribution in [2.75, 3.05) is 6.61 Å². The fourth-order valence-corrected chi connectivity index (χ4v) is 1.75. The molecule has 1 rings (SSSR count). The van der Waals surface area contributed by atoms with Gasteiger partial charge in [-0.3, -0.25) is 5.32 Å². The predicted molar refractivity (Wildman–Crippen MR) is 65.8 cm³/mol. The summed E-state index contributed by atoms with van der Waals surface area (Å²) in [7, 11) is 0.